The number of nitrogens with zero attached hydrogens (tertiary/aromatic N) is 4. The van der Waals surface area contributed by atoms with E-state index in [1.807, 2.05) is 6.92 Å². The van der Waals surface area contributed by atoms with Crippen molar-refractivity contribution < 1.29 is 24.2 Å². The van der Waals surface area contributed by atoms with Gasteiger partial charge in [0.25, 0.3) is 6.01 Å². The molecule has 0 fully saturated rings. The van der Waals surface area contributed by atoms with Gasteiger partial charge >= 0.3 is 13.6 Å². The van der Waals surface area contributed by atoms with Crippen molar-refractivity contribution >= 4 is 29.9 Å². The van der Waals surface area contributed by atoms with Gasteiger partial charge in [0.2, 0.25) is 0 Å². The first-order valence-corrected chi connectivity index (χ1v) is 9.91. The lowest BCUT2D eigenvalue weighted by Crippen LogP contribution is -2.08. The molecule has 0 aliphatic heterocycles. The monoisotopic (exact) mass is 393 g/mol. The molecule has 0 saturated carbocycles. The van der Waals surface area contributed by atoms with Gasteiger partial charge in [-0.25, -0.2) is 0 Å². The van der Waals surface area contributed by atoms with E-state index in [4.69, 9.17) is 10.5 Å². The molecule has 1 aromatic carbocycles. The van der Waals surface area contributed by atoms with Crippen LogP contribution in [0, 0.1) is 0 Å². The van der Waals surface area contributed by atoms with Gasteiger partial charge in [0, 0.05) is 0 Å². The summed E-state index contributed by atoms with van der Waals surface area (Å²) in [4.78, 5) is 30.9. The van der Waals surface area contributed by atoms with Crippen molar-refractivity contribution in [2.45, 2.75) is 26.3 Å². The summed E-state index contributed by atoms with van der Waals surface area (Å²) in [5.74, 6) is 0.0736. The molecule has 0 radical (unpaired) electrons. The summed E-state index contributed by atoms with van der Waals surface area (Å²) in [6.07, 6.45) is 1.79. The number of nitrogens with two attached hydrogens (primary N) is 1. The molecular formula is C16H20N5O5P. The molecule has 0 aliphatic rings. The molecule has 11 heteroatoms. The average Bonchev–Trinajstić information content (AvgIpc) is 2.91. The molecule has 0 atom stereocenters. The highest BCUT2D eigenvalue weighted by Gasteiger charge is 2.20. The van der Waals surface area contributed by atoms with Crippen molar-refractivity contribution in [3.8, 4) is 12.0 Å². The molecule has 2 heterocycles. The Hall–Kier alpha value is -2.68. The van der Waals surface area contributed by atoms with Crippen molar-refractivity contribution in [1.82, 2.24) is 19.5 Å². The number of benzene rings is 1. The zero-order valence-electron chi connectivity index (χ0n) is 14.6. The summed E-state index contributed by atoms with van der Waals surface area (Å²) < 4.78 is 18.3. The lowest BCUT2D eigenvalue weighted by Gasteiger charge is -2.09. The van der Waals surface area contributed by atoms with Crippen molar-refractivity contribution in [2.75, 3.05) is 12.3 Å². The molecule has 0 bridgehead atoms. The quantitative estimate of drug-likeness (QED) is 0.341. The molecule has 3 rings (SSSR count). The van der Waals surface area contributed by atoms with Crippen LogP contribution in [0.3, 0.4) is 0 Å². The number of hydrogen-bond donors (Lipinski definition) is 4. The predicted octanol–water partition coefficient (Wildman–Crippen LogP) is 1.14. The van der Waals surface area contributed by atoms with Crippen molar-refractivity contribution in [2.24, 2.45) is 0 Å². The Morgan fingerprint density at radius 2 is 2.04 bits per heavy atom. The number of unbranched alkanes of at least 4 members (excludes halogenated alkanes) is 1. The summed E-state index contributed by atoms with van der Waals surface area (Å²) in [6, 6.07) is 5.67. The third-order valence-corrected chi connectivity index (χ3v) is 4.85. The number of aromatic hydroxyl groups is 1. The number of imidazole rings is 1. The maximum absolute atomic E-state index is 11.5. The van der Waals surface area contributed by atoms with Crippen LogP contribution in [0.2, 0.25) is 0 Å². The second-order valence-corrected chi connectivity index (χ2v) is 7.58. The van der Waals surface area contributed by atoms with Gasteiger partial charge in [0.15, 0.2) is 17.0 Å². The zero-order valence-corrected chi connectivity index (χ0v) is 15.5. The van der Waals surface area contributed by atoms with Crippen LogP contribution in [-0.2, 0) is 11.1 Å². The van der Waals surface area contributed by atoms with Crippen LogP contribution < -0.4 is 15.8 Å². The Kier molecular flexibility index (Phi) is 5.31. The molecule has 3 aromatic rings. The van der Waals surface area contributed by atoms with Crippen LogP contribution in [0.1, 0.15) is 25.3 Å². The minimum atomic E-state index is -4.38. The Morgan fingerprint density at radius 3 is 2.74 bits per heavy atom. The normalized spacial score (nSPS) is 11.8. The second kappa shape index (κ2) is 7.51. The van der Waals surface area contributed by atoms with Crippen LogP contribution in [0.5, 0.6) is 12.0 Å². The van der Waals surface area contributed by atoms with E-state index in [1.165, 1.54) is 22.8 Å². The second-order valence-electron chi connectivity index (χ2n) is 5.98. The van der Waals surface area contributed by atoms with Gasteiger partial charge in [0.1, 0.15) is 0 Å². The van der Waals surface area contributed by atoms with Crippen LogP contribution in [0.15, 0.2) is 24.3 Å². The largest absolute Gasteiger partial charge is 0.480 e. The lowest BCUT2D eigenvalue weighted by atomic mass is 10.2. The first kappa shape index (κ1) is 19.1. The minimum Gasteiger partial charge on any atom is -0.480 e. The van der Waals surface area contributed by atoms with Gasteiger partial charge in [-0.1, -0.05) is 25.5 Å². The number of rotatable bonds is 7. The maximum Gasteiger partial charge on any atom is 0.356 e. The Labute approximate surface area is 154 Å². The van der Waals surface area contributed by atoms with E-state index in [0.29, 0.717) is 12.2 Å². The minimum absolute atomic E-state index is 0.0736. The third-order valence-electron chi connectivity index (χ3n) is 3.90. The predicted molar refractivity (Wildman–Crippen MR) is 99.0 cm³/mol. The Balaban J connectivity index is 1.99. The van der Waals surface area contributed by atoms with E-state index >= 15 is 0 Å². The number of ether oxygens (including phenoxy) is 1. The van der Waals surface area contributed by atoms with E-state index in [0.717, 1.165) is 12.8 Å². The topological polar surface area (TPSA) is 157 Å². The van der Waals surface area contributed by atoms with E-state index in [2.05, 4.69) is 15.0 Å². The standard InChI is InChI=1S/C16H20N5O5P/c1-2-3-7-26-15-19-13(17)12-14(20-15)21(16(22)18-12)9-10-5-4-6-11(8-10)27(23,24)25/h4-6,8H,2-3,7,9H2,1H3,(H,18,22)(H2,17,19,20)(H2,23,24,25). The summed E-state index contributed by atoms with van der Waals surface area (Å²) in [5.41, 5.74) is 6.94. The van der Waals surface area contributed by atoms with E-state index < -0.39 is 7.60 Å². The lowest BCUT2D eigenvalue weighted by molar-refractivity contribution is 0.286. The van der Waals surface area contributed by atoms with Gasteiger partial charge < -0.3 is 25.4 Å². The molecule has 0 unspecified atom stereocenters. The zero-order chi connectivity index (χ0) is 19.6. The molecule has 144 valence electrons. The molecule has 0 amide bonds. The van der Waals surface area contributed by atoms with Gasteiger partial charge in [-0.3, -0.25) is 9.13 Å². The fraction of sp³-hybridized carbons (Fsp3) is 0.312. The van der Waals surface area contributed by atoms with Crippen LogP contribution in [0.25, 0.3) is 11.2 Å². The molecule has 0 saturated heterocycles. The number of hydrogen-bond acceptors (Lipinski definition) is 7. The molecular weight excluding hydrogens is 373 g/mol. The van der Waals surface area contributed by atoms with Gasteiger partial charge in [-0.05, 0) is 24.1 Å². The average molecular weight is 393 g/mol. The van der Waals surface area contributed by atoms with Gasteiger partial charge in [0.05, 0.1) is 18.5 Å². The number of fused-ring (bicyclic) bond motifs is 1. The van der Waals surface area contributed by atoms with E-state index in [1.54, 1.807) is 6.07 Å². The summed E-state index contributed by atoms with van der Waals surface area (Å²) >= 11 is 0. The fourth-order valence-corrected chi connectivity index (χ4v) is 3.14. The molecule has 0 aliphatic carbocycles. The Bertz CT molecular complexity index is 1020. The maximum atomic E-state index is 11.5. The smallest absolute Gasteiger partial charge is 0.356 e. The highest BCUT2D eigenvalue weighted by molar-refractivity contribution is 7.60. The molecule has 27 heavy (non-hydrogen) atoms. The molecule has 5 N–H and O–H groups in total. The highest BCUT2D eigenvalue weighted by Crippen LogP contribution is 2.33. The molecule has 10 nitrogen and oxygen atoms in total. The Morgan fingerprint density at radius 1 is 1.26 bits per heavy atom. The first-order chi connectivity index (χ1) is 12.8. The van der Waals surface area contributed by atoms with Gasteiger partial charge in [-0.2, -0.15) is 15.0 Å². The number of aromatic nitrogens is 4. The molecule has 0 spiro atoms. The summed E-state index contributed by atoms with van der Waals surface area (Å²) in [7, 11) is -4.38. The van der Waals surface area contributed by atoms with Crippen molar-refractivity contribution in [3.63, 3.8) is 0 Å². The number of nitrogen functional groups attached to an aromatic ring is 1. The number of anilines is 1. The van der Waals surface area contributed by atoms with E-state index in [9.17, 15) is 19.5 Å². The van der Waals surface area contributed by atoms with Crippen LogP contribution in [-0.4, -0.2) is 41.0 Å². The van der Waals surface area contributed by atoms with Crippen LogP contribution in [0.4, 0.5) is 5.82 Å². The first-order valence-electron chi connectivity index (χ1n) is 8.30. The SMILES string of the molecule is CCCCOc1nc(N)c2nc(O)n(Cc3cccc(P(=O)(O)O)c3)c2n1. The van der Waals surface area contributed by atoms with Crippen molar-refractivity contribution in [3.05, 3.63) is 29.8 Å². The fourth-order valence-electron chi connectivity index (χ4n) is 2.53. The summed E-state index contributed by atoms with van der Waals surface area (Å²) in [5, 5.41) is 10.1. The van der Waals surface area contributed by atoms with Gasteiger partial charge in [-0.15, -0.1) is 0 Å². The van der Waals surface area contributed by atoms with Crippen molar-refractivity contribution in [1.29, 1.82) is 0 Å². The van der Waals surface area contributed by atoms with E-state index in [-0.39, 0.29) is 40.9 Å². The molecule has 2 aromatic heterocycles. The highest BCUT2D eigenvalue weighted by atomic mass is 31.2. The summed E-state index contributed by atoms with van der Waals surface area (Å²) in [6.45, 7) is 2.55. The van der Waals surface area contributed by atoms with Crippen LogP contribution >= 0.6 is 7.60 Å². The third kappa shape index (κ3) is 4.19.